The minimum atomic E-state index is -1.60. The van der Waals surface area contributed by atoms with Crippen LogP contribution >= 0.6 is 24.1 Å². The van der Waals surface area contributed by atoms with Crippen molar-refractivity contribution in [1.29, 1.82) is 5.26 Å². The largest absolute Gasteiger partial charge is 0.480 e. The van der Waals surface area contributed by atoms with Gasteiger partial charge >= 0.3 is 12.1 Å². The third kappa shape index (κ3) is 6.87. The van der Waals surface area contributed by atoms with Crippen LogP contribution < -0.4 is 0 Å². The average Bonchev–Trinajstić information content (AvgIpc) is 2.84. The van der Waals surface area contributed by atoms with E-state index in [0.717, 1.165) is 12.1 Å². The summed E-state index contributed by atoms with van der Waals surface area (Å²) in [6.45, 7) is 6.09. The van der Waals surface area contributed by atoms with E-state index in [1.54, 1.807) is 20.8 Å². The molecular formula is C25H23F3N4O4S2. The summed E-state index contributed by atoms with van der Waals surface area (Å²) in [4.78, 5) is 32.9. The van der Waals surface area contributed by atoms with E-state index < -0.39 is 52.4 Å². The molecule has 0 fully saturated rings. The van der Waals surface area contributed by atoms with Gasteiger partial charge in [0.25, 0.3) is 0 Å². The molecule has 1 amide bonds. The van der Waals surface area contributed by atoms with Crippen molar-refractivity contribution in [2.75, 3.05) is 0 Å². The van der Waals surface area contributed by atoms with Crippen LogP contribution in [0.15, 0.2) is 41.5 Å². The van der Waals surface area contributed by atoms with E-state index in [4.69, 9.17) is 10.00 Å². The summed E-state index contributed by atoms with van der Waals surface area (Å²) < 4.78 is 47.7. The number of nitriles is 1. The van der Waals surface area contributed by atoms with E-state index in [0.29, 0.717) is 16.1 Å². The number of nitrogens with zero attached hydrogens (tertiary/aromatic N) is 4. The van der Waals surface area contributed by atoms with Crippen LogP contribution in [0.25, 0.3) is 11.9 Å². The third-order valence-corrected chi connectivity index (χ3v) is 7.07. The molecule has 1 aromatic carbocycles. The first-order valence-electron chi connectivity index (χ1n) is 11.1. The molecule has 0 spiro atoms. The monoisotopic (exact) mass is 564 g/mol. The van der Waals surface area contributed by atoms with Crippen LogP contribution in [0.3, 0.4) is 0 Å². The number of rotatable bonds is 5. The molecule has 1 aromatic heterocycles. The molecule has 2 heterocycles. The van der Waals surface area contributed by atoms with Gasteiger partial charge in [-0.05, 0) is 70.0 Å². The van der Waals surface area contributed by atoms with Gasteiger partial charge in [-0.2, -0.15) is 9.57 Å². The highest BCUT2D eigenvalue weighted by atomic mass is 32.2. The fourth-order valence-corrected chi connectivity index (χ4v) is 4.85. The second-order valence-electron chi connectivity index (χ2n) is 9.43. The molecule has 1 N–H and O–H groups in total. The summed E-state index contributed by atoms with van der Waals surface area (Å²) in [6, 6.07) is 7.13. The number of amides is 1. The number of thioether (sulfide) groups is 1. The Kier molecular flexibility index (Phi) is 8.79. The van der Waals surface area contributed by atoms with Gasteiger partial charge in [0.05, 0.1) is 17.3 Å². The van der Waals surface area contributed by atoms with E-state index in [9.17, 15) is 27.4 Å². The minimum absolute atomic E-state index is 0.0457. The molecule has 2 aromatic rings. The van der Waals surface area contributed by atoms with Gasteiger partial charge in [-0.15, -0.1) is 3.89 Å². The number of carboxylic acid groups (broad SMARTS) is 1. The van der Waals surface area contributed by atoms with Crippen LogP contribution in [0.1, 0.15) is 62.5 Å². The van der Waals surface area contributed by atoms with Gasteiger partial charge in [0.2, 0.25) is 0 Å². The van der Waals surface area contributed by atoms with Gasteiger partial charge < -0.3 is 9.84 Å². The standard InChI is InChI=1S/C25H23F3N4O4S2/c1-24(2,3)36-23(35)32(38-28)22-31-20(11-25(4,37-22)21(33)34)16-9-14(5-7-17(16)26)10-18(27)19-8-6-15(12-29)13-30-19/h5-10,13,20H,11H2,1-4H3,(H,33,34)/b18-10-/t20?,25-/m1/s1. The second kappa shape index (κ2) is 11.5. The summed E-state index contributed by atoms with van der Waals surface area (Å²) in [6.07, 6.45) is 0.999. The predicted molar refractivity (Wildman–Crippen MR) is 140 cm³/mol. The number of amidine groups is 1. The Morgan fingerprint density at radius 1 is 1.34 bits per heavy atom. The predicted octanol–water partition coefficient (Wildman–Crippen LogP) is 6.71. The number of aliphatic imine (C=N–C) groups is 1. The highest BCUT2D eigenvalue weighted by molar-refractivity contribution is 8.16. The van der Waals surface area contributed by atoms with Crippen LogP contribution in [-0.4, -0.2) is 42.0 Å². The maximum atomic E-state index is 15.0. The zero-order valence-corrected chi connectivity index (χ0v) is 22.4. The molecule has 38 heavy (non-hydrogen) atoms. The first-order chi connectivity index (χ1) is 17.8. The number of halogens is 3. The normalized spacial score (nSPS) is 19.8. The SMILES string of the molecule is CC(C)(C)OC(=O)N(SF)C1=NC(c2cc(/C=C(\F)c3ccc(C#N)cn3)ccc2F)C[C@](C)(C(=O)O)S1. The zero-order valence-electron chi connectivity index (χ0n) is 20.7. The Morgan fingerprint density at radius 2 is 2.05 bits per heavy atom. The van der Waals surface area contributed by atoms with Crippen molar-refractivity contribution in [2.45, 2.75) is 50.5 Å². The number of hydrogen-bond acceptors (Lipinski definition) is 8. The Labute approximate surface area is 226 Å². The molecule has 0 saturated carbocycles. The molecule has 1 aliphatic heterocycles. The van der Waals surface area contributed by atoms with Crippen molar-refractivity contribution in [2.24, 2.45) is 4.99 Å². The number of carbonyl (C=O) groups excluding carboxylic acids is 1. The lowest BCUT2D eigenvalue weighted by Gasteiger charge is -2.35. The number of ether oxygens (including phenoxy) is 1. The lowest BCUT2D eigenvalue weighted by atomic mass is 9.93. The van der Waals surface area contributed by atoms with Gasteiger partial charge in [0.1, 0.15) is 28.1 Å². The number of aromatic nitrogens is 1. The number of carboxylic acids is 1. The van der Waals surface area contributed by atoms with Gasteiger partial charge in [-0.3, -0.25) is 14.8 Å². The molecule has 2 atom stereocenters. The van der Waals surface area contributed by atoms with E-state index in [1.807, 2.05) is 6.07 Å². The van der Waals surface area contributed by atoms with Crippen molar-refractivity contribution < 1.29 is 32.1 Å². The second-order valence-corrected chi connectivity index (χ2v) is 11.4. The third-order valence-electron chi connectivity index (χ3n) is 5.23. The first kappa shape index (κ1) is 29.1. The maximum Gasteiger partial charge on any atom is 0.428 e. The molecule has 1 unspecified atom stereocenters. The number of aliphatic carboxylic acids is 1. The van der Waals surface area contributed by atoms with Crippen molar-refractivity contribution in [3.8, 4) is 6.07 Å². The minimum Gasteiger partial charge on any atom is -0.480 e. The summed E-state index contributed by atoms with van der Waals surface area (Å²) in [5, 5.41) is 18.4. The molecule has 13 heteroatoms. The van der Waals surface area contributed by atoms with E-state index >= 15 is 0 Å². The molecule has 8 nitrogen and oxygen atoms in total. The molecule has 3 rings (SSSR count). The van der Waals surface area contributed by atoms with Crippen molar-refractivity contribution in [1.82, 2.24) is 9.29 Å². The lowest BCUT2D eigenvalue weighted by Crippen LogP contribution is -2.43. The maximum absolute atomic E-state index is 15.0. The molecule has 0 radical (unpaired) electrons. The summed E-state index contributed by atoms with van der Waals surface area (Å²) in [7, 11) is 0. The lowest BCUT2D eigenvalue weighted by molar-refractivity contribution is -0.139. The summed E-state index contributed by atoms with van der Waals surface area (Å²) >= 11 is 0.123. The molecule has 0 saturated heterocycles. The van der Waals surface area contributed by atoms with Crippen LogP contribution in [-0.2, 0) is 9.53 Å². The number of carbonyl (C=O) groups is 2. The van der Waals surface area contributed by atoms with Crippen molar-refractivity contribution >= 4 is 53.2 Å². The number of pyridine rings is 1. The molecule has 0 aliphatic carbocycles. The van der Waals surface area contributed by atoms with E-state index in [-0.39, 0.29) is 34.0 Å². The molecular weight excluding hydrogens is 541 g/mol. The Bertz CT molecular complexity index is 1340. The van der Waals surface area contributed by atoms with Crippen LogP contribution in [0.2, 0.25) is 0 Å². The Hall–Kier alpha value is -3.50. The number of benzene rings is 1. The van der Waals surface area contributed by atoms with E-state index in [2.05, 4.69) is 9.98 Å². The highest BCUT2D eigenvalue weighted by Crippen LogP contribution is 2.45. The zero-order chi connectivity index (χ0) is 28.3. The molecule has 0 bridgehead atoms. The molecule has 1 aliphatic rings. The van der Waals surface area contributed by atoms with Gasteiger partial charge in [0, 0.05) is 11.8 Å². The molecule has 200 valence electrons. The average molecular weight is 565 g/mol. The van der Waals surface area contributed by atoms with Crippen molar-refractivity contribution in [3.63, 3.8) is 0 Å². The van der Waals surface area contributed by atoms with Crippen molar-refractivity contribution in [3.05, 3.63) is 64.7 Å². The summed E-state index contributed by atoms with van der Waals surface area (Å²) in [5.74, 6) is -2.78. The quantitative estimate of drug-likeness (QED) is 0.399. The fourth-order valence-electron chi connectivity index (χ4n) is 3.39. The van der Waals surface area contributed by atoms with Crippen LogP contribution in [0.4, 0.5) is 17.5 Å². The number of hydrogen-bond donors (Lipinski definition) is 1. The topological polar surface area (TPSA) is 116 Å². The van der Waals surface area contributed by atoms with Crippen LogP contribution in [0, 0.1) is 17.1 Å². The first-order valence-corrected chi connectivity index (χ1v) is 12.6. The fraction of sp³-hybridized carbons (Fsp3) is 0.320. The Morgan fingerprint density at radius 3 is 2.61 bits per heavy atom. The van der Waals surface area contributed by atoms with Gasteiger partial charge in [-0.25, -0.2) is 13.6 Å². The highest BCUT2D eigenvalue weighted by Gasteiger charge is 2.45. The van der Waals surface area contributed by atoms with Gasteiger partial charge in [-0.1, -0.05) is 17.8 Å². The van der Waals surface area contributed by atoms with E-state index in [1.165, 1.54) is 37.4 Å². The smallest absolute Gasteiger partial charge is 0.428 e. The van der Waals surface area contributed by atoms with Gasteiger partial charge in [0.15, 0.2) is 17.5 Å². The summed E-state index contributed by atoms with van der Waals surface area (Å²) in [5.41, 5.74) is -0.613. The Balaban J connectivity index is 2.03. The van der Waals surface area contributed by atoms with Crippen LogP contribution in [0.5, 0.6) is 0 Å².